The standard InChI is InChI=1S/C21H22F2N6O2/c1-2-29-7-5-11(6-8-29)28-21-15-13(9-25-20(15)26-10-27-21)18(30)16-14(22)4-3-12(17(16)23)19(24)31/h3-4,9-11H,2,5-8H2,1H3,(H2,24,31)(H2,25,26,27,28). The summed E-state index contributed by atoms with van der Waals surface area (Å²) in [5, 5.41) is 3.69. The molecule has 3 heterocycles. The maximum atomic E-state index is 14.7. The molecule has 8 nitrogen and oxygen atoms in total. The molecule has 1 aliphatic rings. The zero-order valence-electron chi connectivity index (χ0n) is 16.9. The van der Waals surface area contributed by atoms with Crippen LogP contribution >= 0.6 is 0 Å². The number of likely N-dealkylation sites (tertiary alicyclic amines) is 1. The number of nitrogens with one attached hydrogen (secondary N) is 2. The van der Waals surface area contributed by atoms with E-state index in [9.17, 15) is 18.4 Å². The van der Waals surface area contributed by atoms with Crippen LogP contribution in [-0.4, -0.2) is 57.2 Å². The van der Waals surface area contributed by atoms with E-state index in [0.717, 1.165) is 44.6 Å². The highest BCUT2D eigenvalue weighted by Gasteiger charge is 2.27. The molecule has 1 amide bonds. The van der Waals surface area contributed by atoms with E-state index < -0.39 is 34.5 Å². The van der Waals surface area contributed by atoms with E-state index in [-0.39, 0.29) is 11.6 Å². The zero-order chi connectivity index (χ0) is 22.1. The lowest BCUT2D eigenvalue weighted by Gasteiger charge is -2.31. The number of amides is 1. The summed E-state index contributed by atoms with van der Waals surface area (Å²) in [6.07, 6.45) is 4.49. The molecule has 3 aromatic rings. The third-order valence-electron chi connectivity index (χ3n) is 5.67. The van der Waals surface area contributed by atoms with Gasteiger partial charge in [-0.05, 0) is 31.5 Å². The van der Waals surface area contributed by atoms with Crippen molar-refractivity contribution in [2.24, 2.45) is 5.73 Å². The fourth-order valence-corrected chi connectivity index (χ4v) is 3.92. The molecular formula is C21H22F2N6O2. The van der Waals surface area contributed by atoms with Crippen LogP contribution in [0.3, 0.4) is 0 Å². The molecule has 1 aliphatic heterocycles. The van der Waals surface area contributed by atoms with E-state index in [1.165, 1.54) is 12.5 Å². The Balaban J connectivity index is 1.72. The number of fused-ring (bicyclic) bond motifs is 1. The van der Waals surface area contributed by atoms with Crippen LogP contribution in [0.4, 0.5) is 14.6 Å². The van der Waals surface area contributed by atoms with Gasteiger partial charge in [-0.15, -0.1) is 0 Å². The molecule has 0 spiro atoms. The molecule has 0 bridgehead atoms. The number of H-pyrrole nitrogens is 1. The Morgan fingerprint density at radius 3 is 2.65 bits per heavy atom. The van der Waals surface area contributed by atoms with Crippen molar-refractivity contribution < 1.29 is 18.4 Å². The molecule has 0 unspecified atom stereocenters. The Bertz CT molecular complexity index is 1150. The molecule has 4 N–H and O–H groups in total. The van der Waals surface area contributed by atoms with Gasteiger partial charge in [0.05, 0.1) is 22.1 Å². The SMILES string of the molecule is CCN1CCC(Nc2ncnc3[nH]cc(C(=O)c4c(F)ccc(C(N)=O)c4F)c23)CC1. The summed E-state index contributed by atoms with van der Waals surface area (Å²) in [6, 6.07) is 1.91. The number of aromatic nitrogens is 3. The van der Waals surface area contributed by atoms with Crippen molar-refractivity contribution in [2.45, 2.75) is 25.8 Å². The Hall–Kier alpha value is -3.40. The summed E-state index contributed by atoms with van der Waals surface area (Å²) in [4.78, 5) is 38.1. The van der Waals surface area contributed by atoms with Crippen LogP contribution in [0.1, 0.15) is 46.0 Å². The average Bonchev–Trinajstić information content (AvgIpc) is 3.19. The number of hydrogen-bond donors (Lipinski definition) is 3. The number of benzene rings is 1. The fraction of sp³-hybridized carbons (Fsp3) is 0.333. The Labute approximate surface area is 176 Å². The number of piperidine rings is 1. The van der Waals surface area contributed by atoms with Gasteiger partial charge in [0, 0.05) is 25.3 Å². The van der Waals surface area contributed by atoms with Gasteiger partial charge in [0.15, 0.2) is 0 Å². The van der Waals surface area contributed by atoms with Crippen LogP contribution in [0.2, 0.25) is 0 Å². The quantitative estimate of drug-likeness (QED) is 0.519. The van der Waals surface area contributed by atoms with Gasteiger partial charge in [0.1, 0.15) is 29.4 Å². The number of nitrogens with two attached hydrogens (primary N) is 1. The molecule has 0 radical (unpaired) electrons. The van der Waals surface area contributed by atoms with Crippen molar-refractivity contribution >= 4 is 28.5 Å². The normalized spacial score (nSPS) is 15.3. The summed E-state index contributed by atoms with van der Waals surface area (Å²) in [5.41, 5.74) is 4.10. The van der Waals surface area contributed by atoms with E-state index in [4.69, 9.17) is 5.73 Å². The molecule has 1 saturated heterocycles. The number of hydrogen-bond acceptors (Lipinski definition) is 6. The van der Waals surface area contributed by atoms with E-state index >= 15 is 0 Å². The minimum atomic E-state index is -1.29. The first-order chi connectivity index (χ1) is 14.9. The van der Waals surface area contributed by atoms with Crippen LogP contribution in [0.5, 0.6) is 0 Å². The van der Waals surface area contributed by atoms with Crippen molar-refractivity contribution in [3.8, 4) is 0 Å². The van der Waals surface area contributed by atoms with Gasteiger partial charge in [-0.1, -0.05) is 6.92 Å². The number of primary amides is 1. The summed E-state index contributed by atoms with van der Waals surface area (Å²) in [6.45, 7) is 4.99. The topological polar surface area (TPSA) is 117 Å². The minimum absolute atomic E-state index is 0.00325. The monoisotopic (exact) mass is 428 g/mol. The third-order valence-corrected chi connectivity index (χ3v) is 5.67. The van der Waals surface area contributed by atoms with Gasteiger partial charge in [-0.2, -0.15) is 0 Å². The van der Waals surface area contributed by atoms with Gasteiger partial charge < -0.3 is 20.9 Å². The van der Waals surface area contributed by atoms with Crippen LogP contribution in [-0.2, 0) is 0 Å². The summed E-state index contributed by atoms with van der Waals surface area (Å²) < 4.78 is 29.2. The fourth-order valence-electron chi connectivity index (χ4n) is 3.92. The lowest BCUT2D eigenvalue weighted by Crippen LogP contribution is -2.39. The van der Waals surface area contributed by atoms with Crippen LogP contribution in [0.15, 0.2) is 24.7 Å². The van der Waals surface area contributed by atoms with Gasteiger partial charge in [0.2, 0.25) is 5.78 Å². The number of rotatable bonds is 6. The van der Waals surface area contributed by atoms with Crippen LogP contribution in [0.25, 0.3) is 11.0 Å². The van der Waals surface area contributed by atoms with Crippen molar-refractivity contribution in [1.82, 2.24) is 19.9 Å². The smallest absolute Gasteiger partial charge is 0.251 e. The number of anilines is 1. The van der Waals surface area contributed by atoms with Crippen molar-refractivity contribution in [3.63, 3.8) is 0 Å². The second-order valence-corrected chi connectivity index (χ2v) is 7.48. The molecule has 0 atom stereocenters. The lowest BCUT2D eigenvalue weighted by molar-refractivity contribution is 0.0996. The third kappa shape index (κ3) is 3.86. The molecule has 162 valence electrons. The van der Waals surface area contributed by atoms with Crippen LogP contribution in [0, 0.1) is 11.6 Å². The zero-order valence-corrected chi connectivity index (χ0v) is 16.9. The maximum absolute atomic E-state index is 14.7. The maximum Gasteiger partial charge on any atom is 0.251 e. The van der Waals surface area contributed by atoms with Gasteiger partial charge in [0.25, 0.3) is 5.91 Å². The Kier molecular flexibility index (Phi) is 5.64. The number of aromatic amines is 1. The number of ketones is 1. The number of carbonyl (C=O) groups is 2. The highest BCUT2D eigenvalue weighted by Crippen LogP contribution is 2.29. The second kappa shape index (κ2) is 8.38. The first-order valence-corrected chi connectivity index (χ1v) is 10.0. The first kappa shape index (κ1) is 20.9. The predicted molar refractivity (Wildman–Crippen MR) is 111 cm³/mol. The Morgan fingerprint density at radius 1 is 1.23 bits per heavy atom. The largest absolute Gasteiger partial charge is 0.367 e. The highest BCUT2D eigenvalue weighted by molar-refractivity contribution is 6.18. The molecule has 0 aliphatic carbocycles. The Morgan fingerprint density at radius 2 is 1.97 bits per heavy atom. The van der Waals surface area contributed by atoms with Crippen molar-refractivity contribution in [3.05, 3.63) is 53.0 Å². The molecule has 1 fully saturated rings. The first-order valence-electron chi connectivity index (χ1n) is 10.0. The molecule has 10 heteroatoms. The van der Waals surface area contributed by atoms with E-state index in [1.54, 1.807) is 0 Å². The average molecular weight is 428 g/mol. The van der Waals surface area contributed by atoms with Gasteiger partial charge in [-0.3, -0.25) is 9.59 Å². The molecule has 4 rings (SSSR count). The van der Waals surface area contributed by atoms with Crippen molar-refractivity contribution in [2.75, 3.05) is 25.0 Å². The predicted octanol–water partition coefficient (Wildman–Crippen LogP) is 2.46. The molecular weight excluding hydrogens is 406 g/mol. The van der Waals surface area contributed by atoms with E-state index in [1.807, 2.05) is 0 Å². The summed E-state index contributed by atoms with van der Waals surface area (Å²) in [5.74, 6) is -3.97. The molecule has 31 heavy (non-hydrogen) atoms. The number of halogens is 2. The number of nitrogens with zero attached hydrogens (tertiary/aromatic N) is 3. The molecule has 0 saturated carbocycles. The molecule has 1 aromatic carbocycles. The number of carbonyl (C=O) groups excluding carboxylic acids is 2. The van der Waals surface area contributed by atoms with E-state index in [2.05, 4.69) is 32.1 Å². The highest BCUT2D eigenvalue weighted by atomic mass is 19.1. The van der Waals surface area contributed by atoms with Crippen LogP contribution < -0.4 is 11.1 Å². The summed E-state index contributed by atoms with van der Waals surface area (Å²) >= 11 is 0. The lowest BCUT2D eigenvalue weighted by atomic mass is 9.99. The minimum Gasteiger partial charge on any atom is -0.367 e. The summed E-state index contributed by atoms with van der Waals surface area (Å²) in [7, 11) is 0. The van der Waals surface area contributed by atoms with Gasteiger partial charge in [-0.25, -0.2) is 18.7 Å². The second-order valence-electron chi connectivity index (χ2n) is 7.48. The van der Waals surface area contributed by atoms with E-state index in [0.29, 0.717) is 16.9 Å². The van der Waals surface area contributed by atoms with Crippen molar-refractivity contribution in [1.29, 1.82) is 0 Å². The van der Waals surface area contributed by atoms with Gasteiger partial charge >= 0.3 is 0 Å². The molecule has 2 aromatic heterocycles.